The predicted octanol–water partition coefficient (Wildman–Crippen LogP) is 2.50. The van der Waals surface area contributed by atoms with Crippen molar-refractivity contribution in [1.29, 1.82) is 0 Å². The van der Waals surface area contributed by atoms with Gasteiger partial charge in [-0.05, 0) is 41.9 Å². The molecule has 0 aliphatic rings. The SMILES string of the molecule is COC(=O)C(N)CC(C)(C)Oc1ccccc1Br. The van der Waals surface area contributed by atoms with Crippen LogP contribution in [0.5, 0.6) is 5.75 Å². The van der Waals surface area contributed by atoms with Gasteiger partial charge in [0.2, 0.25) is 0 Å². The van der Waals surface area contributed by atoms with Crippen molar-refractivity contribution in [2.75, 3.05) is 7.11 Å². The number of carbonyl (C=O) groups is 1. The summed E-state index contributed by atoms with van der Waals surface area (Å²) in [7, 11) is 1.32. The first kappa shape index (κ1) is 15.0. The molecule has 4 nitrogen and oxygen atoms in total. The molecule has 0 aliphatic carbocycles. The third kappa shape index (κ3) is 4.31. The minimum absolute atomic E-state index is 0.376. The van der Waals surface area contributed by atoms with Gasteiger partial charge in [0, 0.05) is 6.42 Å². The number of hydrogen-bond donors (Lipinski definition) is 1. The lowest BCUT2D eigenvalue weighted by Gasteiger charge is -2.28. The van der Waals surface area contributed by atoms with Gasteiger partial charge in [-0.2, -0.15) is 0 Å². The number of benzene rings is 1. The Kier molecular flexibility index (Phi) is 5.16. The Bertz CT molecular complexity index is 420. The van der Waals surface area contributed by atoms with E-state index in [0.717, 1.165) is 10.2 Å². The Labute approximate surface area is 116 Å². The molecule has 5 heteroatoms. The van der Waals surface area contributed by atoms with Crippen LogP contribution in [0.25, 0.3) is 0 Å². The van der Waals surface area contributed by atoms with Crippen LogP contribution in [0, 0.1) is 0 Å². The number of ether oxygens (including phenoxy) is 2. The monoisotopic (exact) mass is 315 g/mol. The lowest BCUT2D eigenvalue weighted by molar-refractivity contribution is -0.143. The summed E-state index contributed by atoms with van der Waals surface area (Å²) in [6.07, 6.45) is 0.376. The summed E-state index contributed by atoms with van der Waals surface area (Å²) in [4.78, 5) is 11.3. The fraction of sp³-hybridized carbons (Fsp3) is 0.462. The smallest absolute Gasteiger partial charge is 0.322 e. The van der Waals surface area contributed by atoms with Crippen LogP contribution < -0.4 is 10.5 Å². The lowest BCUT2D eigenvalue weighted by atomic mass is 9.99. The van der Waals surface area contributed by atoms with Crippen LogP contribution in [0.4, 0.5) is 0 Å². The molecule has 18 heavy (non-hydrogen) atoms. The Morgan fingerprint density at radius 3 is 2.61 bits per heavy atom. The van der Waals surface area contributed by atoms with Crippen molar-refractivity contribution in [3.8, 4) is 5.75 Å². The van der Waals surface area contributed by atoms with E-state index >= 15 is 0 Å². The molecular formula is C13H18BrNO3. The molecule has 1 unspecified atom stereocenters. The quantitative estimate of drug-likeness (QED) is 0.848. The molecule has 1 rings (SSSR count). The van der Waals surface area contributed by atoms with Crippen molar-refractivity contribution in [2.24, 2.45) is 5.73 Å². The fourth-order valence-corrected chi connectivity index (χ4v) is 2.00. The summed E-state index contributed by atoms with van der Waals surface area (Å²) in [5, 5.41) is 0. The molecule has 100 valence electrons. The number of carbonyl (C=O) groups excluding carboxylic acids is 1. The average Bonchev–Trinajstić information content (AvgIpc) is 2.30. The molecule has 0 fully saturated rings. The van der Waals surface area contributed by atoms with Crippen LogP contribution in [-0.2, 0) is 9.53 Å². The van der Waals surface area contributed by atoms with Gasteiger partial charge in [-0.15, -0.1) is 0 Å². The molecule has 0 spiro atoms. The second-order valence-electron chi connectivity index (χ2n) is 4.63. The molecule has 0 heterocycles. The summed E-state index contributed by atoms with van der Waals surface area (Å²) in [5.74, 6) is 0.290. The molecule has 1 aromatic carbocycles. The van der Waals surface area contributed by atoms with Crippen LogP contribution in [-0.4, -0.2) is 24.7 Å². The summed E-state index contributed by atoms with van der Waals surface area (Å²) in [6, 6.07) is 6.86. The number of esters is 1. The van der Waals surface area contributed by atoms with Gasteiger partial charge < -0.3 is 15.2 Å². The van der Waals surface area contributed by atoms with Crippen molar-refractivity contribution in [1.82, 2.24) is 0 Å². The Hall–Kier alpha value is -1.07. The van der Waals surface area contributed by atoms with Crippen LogP contribution in [0.1, 0.15) is 20.3 Å². The number of rotatable bonds is 5. The topological polar surface area (TPSA) is 61.5 Å². The average molecular weight is 316 g/mol. The number of hydrogen-bond acceptors (Lipinski definition) is 4. The largest absolute Gasteiger partial charge is 0.487 e. The van der Waals surface area contributed by atoms with Crippen molar-refractivity contribution >= 4 is 21.9 Å². The maximum atomic E-state index is 11.3. The fourth-order valence-electron chi connectivity index (χ4n) is 1.63. The Morgan fingerprint density at radius 2 is 2.06 bits per heavy atom. The van der Waals surface area contributed by atoms with Crippen molar-refractivity contribution in [2.45, 2.75) is 31.9 Å². The van der Waals surface area contributed by atoms with E-state index in [-0.39, 0.29) is 0 Å². The number of para-hydroxylation sites is 1. The van der Waals surface area contributed by atoms with E-state index in [9.17, 15) is 4.79 Å². The van der Waals surface area contributed by atoms with Crippen LogP contribution in [0.3, 0.4) is 0 Å². The van der Waals surface area contributed by atoms with Crippen molar-refractivity contribution in [3.63, 3.8) is 0 Å². The molecule has 1 aromatic rings. The third-order valence-corrected chi connectivity index (χ3v) is 3.09. The number of halogens is 1. The van der Waals surface area contributed by atoms with Gasteiger partial charge >= 0.3 is 5.97 Å². The predicted molar refractivity (Wildman–Crippen MR) is 73.5 cm³/mol. The van der Waals surface area contributed by atoms with Gasteiger partial charge in [-0.1, -0.05) is 12.1 Å². The minimum atomic E-state index is -0.688. The van der Waals surface area contributed by atoms with E-state index in [4.69, 9.17) is 10.5 Å². The first-order valence-electron chi connectivity index (χ1n) is 5.62. The van der Waals surface area contributed by atoms with Crippen LogP contribution >= 0.6 is 15.9 Å². The molecule has 0 saturated heterocycles. The highest BCUT2D eigenvalue weighted by Gasteiger charge is 2.28. The second-order valence-corrected chi connectivity index (χ2v) is 5.48. The van der Waals surface area contributed by atoms with E-state index < -0.39 is 17.6 Å². The summed E-state index contributed by atoms with van der Waals surface area (Å²) < 4.78 is 11.3. The highest BCUT2D eigenvalue weighted by atomic mass is 79.9. The molecule has 2 N–H and O–H groups in total. The highest BCUT2D eigenvalue weighted by Crippen LogP contribution is 2.29. The highest BCUT2D eigenvalue weighted by molar-refractivity contribution is 9.10. The van der Waals surface area contributed by atoms with Crippen LogP contribution in [0.15, 0.2) is 28.7 Å². The summed E-state index contributed by atoms with van der Waals surface area (Å²) >= 11 is 3.41. The molecule has 0 amide bonds. The van der Waals surface area contributed by atoms with E-state index in [1.165, 1.54) is 7.11 Å². The zero-order valence-electron chi connectivity index (χ0n) is 10.8. The lowest BCUT2D eigenvalue weighted by Crippen LogP contribution is -2.41. The zero-order valence-corrected chi connectivity index (χ0v) is 12.4. The van der Waals surface area contributed by atoms with Crippen LogP contribution in [0.2, 0.25) is 0 Å². The normalized spacial score (nSPS) is 12.9. The standard InChI is InChI=1S/C13H18BrNO3/c1-13(2,8-10(15)12(16)17-3)18-11-7-5-4-6-9(11)14/h4-7,10H,8,15H2,1-3H3. The first-order chi connectivity index (χ1) is 8.35. The van der Waals surface area contributed by atoms with E-state index in [2.05, 4.69) is 20.7 Å². The molecule has 0 saturated carbocycles. The Balaban J connectivity index is 2.70. The van der Waals surface area contributed by atoms with Gasteiger partial charge in [0.15, 0.2) is 0 Å². The second kappa shape index (κ2) is 6.20. The summed E-state index contributed by atoms with van der Waals surface area (Å²) in [5.41, 5.74) is 5.18. The van der Waals surface area contributed by atoms with E-state index in [0.29, 0.717) is 6.42 Å². The van der Waals surface area contributed by atoms with Crippen molar-refractivity contribution < 1.29 is 14.3 Å². The van der Waals surface area contributed by atoms with Gasteiger partial charge in [-0.3, -0.25) is 4.79 Å². The summed E-state index contributed by atoms with van der Waals surface area (Å²) in [6.45, 7) is 3.77. The minimum Gasteiger partial charge on any atom is -0.487 e. The number of methoxy groups -OCH3 is 1. The Morgan fingerprint density at radius 1 is 1.44 bits per heavy atom. The van der Waals surface area contributed by atoms with Crippen molar-refractivity contribution in [3.05, 3.63) is 28.7 Å². The molecule has 1 atom stereocenters. The molecular weight excluding hydrogens is 298 g/mol. The maximum Gasteiger partial charge on any atom is 0.322 e. The molecule has 0 aliphatic heterocycles. The van der Waals surface area contributed by atoms with E-state index in [1.807, 2.05) is 38.1 Å². The maximum absolute atomic E-state index is 11.3. The van der Waals surface area contributed by atoms with Gasteiger partial charge in [-0.25, -0.2) is 0 Å². The molecule has 0 bridgehead atoms. The van der Waals surface area contributed by atoms with Gasteiger partial charge in [0.25, 0.3) is 0 Å². The van der Waals surface area contributed by atoms with Gasteiger partial charge in [0.05, 0.1) is 11.6 Å². The first-order valence-corrected chi connectivity index (χ1v) is 6.42. The van der Waals surface area contributed by atoms with E-state index in [1.54, 1.807) is 0 Å². The third-order valence-electron chi connectivity index (χ3n) is 2.44. The molecule has 0 aromatic heterocycles. The van der Waals surface area contributed by atoms with Gasteiger partial charge in [0.1, 0.15) is 17.4 Å². The molecule has 0 radical (unpaired) electrons. The zero-order chi connectivity index (χ0) is 13.8. The number of nitrogens with two attached hydrogens (primary N) is 1.